The molecule has 2 aromatic heterocycles. The number of amides is 1. The van der Waals surface area contributed by atoms with Gasteiger partial charge in [0.2, 0.25) is 5.91 Å². The van der Waals surface area contributed by atoms with Gasteiger partial charge in [0.05, 0.1) is 24.5 Å². The molecule has 0 fully saturated rings. The largest absolute Gasteiger partial charge is 0.495 e. The second kappa shape index (κ2) is 9.37. The van der Waals surface area contributed by atoms with Gasteiger partial charge in [0, 0.05) is 16.0 Å². The highest BCUT2D eigenvalue weighted by molar-refractivity contribution is 7.17. The summed E-state index contributed by atoms with van der Waals surface area (Å²) in [6, 6.07) is 10.4. The molecule has 1 unspecified atom stereocenters. The lowest BCUT2D eigenvalue weighted by Crippen LogP contribution is -2.33. The van der Waals surface area contributed by atoms with Gasteiger partial charge < -0.3 is 10.1 Å². The topological polar surface area (TPSA) is 73.2 Å². The van der Waals surface area contributed by atoms with E-state index in [1.807, 2.05) is 31.4 Å². The number of aromatic nitrogens is 2. The van der Waals surface area contributed by atoms with Crippen LogP contribution in [-0.4, -0.2) is 22.6 Å². The predicted octanol–water partition coefficient (Wildman–Crippen LogP) is 5.99. The number of hydrogen-bond acceptors (Lipinski definition) is 5. The zero-order valence-electron chi connectivity index (χ0n) is 18.8. The molecule has 0 bridgehead atoms. The number of fused-ring (bicyclic) bond motifs is 1. The van der Waals surface area contributed by atoms with Gasteiger partial charge in [0.1, 0.15) is 16.6 Å². The van der Waals surface area contributed by atoms with Crippen LogP contribution in [0.5, 0.6) is 5.75 Å². The Hall–Kier alpha value is -3.16. The number of nitrogens with one attached hydrogen (secondary N) is 1. The summed E-state index contributed by atoms with van der Waals surface area (Å²) in [5, 5.41) is 5.79. The molecule has 4 aromatic rings. The molecule has 6 nitrogen and oxygen atoms in total. The van der Waals surface area contributed by atoms with Crippen LogP contribution in [0, 0.1) is 13.8 Å². The maximum atomic E-state index is 13.6. The monoisotopic (exact) mass is 481 g/mol. The minimum atomic E-state index is -0.745. The van der Waals surface area contributed by atoms with E-state index < -0.39 is 6.04 Å². The highest BCUT2D eigenvalue weighted by Gasteiger charge is 2.24. The molecule has 4 rings (SSSR count). The number of rotatable bonds is 6. The first-order chi connectivity index (χ1) is 15.8. The van der Waals surface area contributed by atoms with E-state index in [0.717, 1.165) is 16.7 Å². The fourth-order valence-corrected chi connectivity index (χ4v) is 4.87. The molecule has 0 saturated carbocycles. The van der Waals surface area contributed by atoms with Crippen LogP contribution < -0.4 is 15.6 Å². The van der Waals surface area contributed by atoms with Crippen molar-refractivity contribution in [2.24, 2.45) is 0 Å². The summed E-state index contributed by atoms with van der Waals surface area (Å²) >= 11 is 7.51. The van der Waals surface area contributed by atoms with Gasteiger partial charge in [-0.1, -0.05) is 36.7 Å². The molecule has 1 amide bonds. The van der Waals surface area contributed by atoms with Crippen molar-refractivity contribution in [3.8, 4) is 16.9 Å². The van der Waals surface area contributed by atoms with Gasteiger partial charge in [-0.15, -0.1) is 11.3 Å². The van der Waals surface area contributed by atoms with Crippen molar-refractivity contribution in [1.29, 1.82) is 0 Å². The highest BCUT2D eigenvalue weighted by Crippen LogP contribution is 2.32. The van der Waals surface area contributed by atoms with Gasteiger partial charge in [-0.25, -0.2) is 4.98 Å². The number of halogens is 1. The van der Waals surface area contributed by atoms with Crippen LogP contribution in [0.25, 0.3) is 21.3 Å². The standard InChI is InChI=1S/C25H24ClN3O3S/c1-5-20(23(30)28-19-11-17(26)8-9-21(19)32-4)29-13-27-24-22(25(29)31)18(12-33-24)16-7-6-14(2)15(3)10-16/h6-13,20H,5H2,1-4H3,(H,28,30). The van der Waals surface area contributed by atoms with E-state index >= 15 is 0 Å². The summed E-state index contributed by atoms with van der Waals surface area (Å²) in [6.07, 6.45) is 1.86. The van der Waals surface area contributed by atoms with Crippen LogP contribution in [0.4, 0.5) is 5.69 Å². The molecule has 0 aliphatic carbocycles. The Morgan fingerprint density at radius 1 is 1.21 bits per heavy atom. The predicted molar refractivity (Wildman–Crippen MR) is 135 cm³/mol. The van der Waals surface area contributed by atoms with E-state index in [1.165, 1.54) is 34.9 Å². The average molecular weight is 482 g/mol. The van der Waals surface area contributed by atoms with Crippen molar-refractivity contribution < 1.29 is 9.53 Å². The first kappa shape index (κ1) is 23.0. The Labute approximate surface area is 200 Å². The van der Waals surface area contributed by atoms with Crippen molar-refractivity contribution in [1.82, 2.24) is 9.55 Å². The first-order valence-electron chi connectivity index (χ1n) is 10.5. The first-order valence-corrected chi connectivity index (χ1v) is 11.8. The third-order valence-corrected chi connectivity index (χ3v) is 6.90. The van der Waals surface area contributed by atoms with Crippen LogP contribution in [0.1, 0.15) is 30.5 Å². The number of anilines is 1. The Kier molecular flexibility index (Phi) is 6.54. The summed E-state index contributed by atoms with van der Waals surface area (Å²) in [5.41, 5.74) is 4.33. The minimum absolute atomic E-state index is 0.241. The second-order valence-electron chi connectivity index (χ2n) is 7.84. The molecule has 2 aromatic carbocycles. The number of carbonyl (C=O) groups is 1. The number of hydrogen-bond donors (Lipinski definition) is 1. The number of carbonyl (C=O) groups excluding carboxylic acids is 1. The molecule has 170 valence electrons. The Balaban J connectivity index is 1.76. The number of aryl methyl sites for hydroxylation is 2. The van der Waals surface area contributed by atoms with Crippen molar-refractivity contribution in [2.75, 3.05) is 12.4 Å². The Morgan fingerprint density at radius 3 is 2.70 bits per heavy atom. The van der Waals surface area contributed by atoms with Crippen LogP contribution in [0.15, 0.2) is 52.9 Å². The third-order valence-electron chi connectivity index (χ3n) is 5.78. The zero-order chi connectivity index (χ0) is 23.7. The van der Waals surface area contributed by atoms with Gasteiger partial charge in [-0.2, -0.15) is 0 Å². The molecular formula is C25H24ClN3O3S. The number of benzene rings is 2. The summed E-state index contributed by atoms with van der Waals surface area (Å²) in [4.78, 5) is 31.9. The molecule has 1 N–H and O–H groups in total. The third kappa shape index (κ3) is 4.38. The lowest BCUT2D eigenvalue weighted by molar-refractivity contribution is -0.119. The number of methoxy groups -OCH3 is 1. The van der Waals surface area contributed by atoms with Gasteiger partial charge in [-0.05, 0) is 55.2 Å². The second-order valence-corrected chi connectivity index (χ2v) is 9.14. The fraction of sp³-hybridized carbons (Fsp3) is 0.240. The Morgan fingerprint density at radius 2 is 2.00 bits per heavy atom. The smallest absolute Gasteiger partial charge is 0.263 e. The molecule has 0 aliphatic rings. The van der Waals surface area contributed by atoms with Crippen molar-refractivity contribution >= 4 is 44.7 Å². The lowest BCUT2D eigenvalue weighted by atomic mass is 10.0. The van der Waals surface area contributed by atoms with Crippen LogP contribution >= 0.6 is 22.9 Å². The van der Waals surface area contributed by atoms with E-state index in [4.69, 9.17) is 16.3 Å². The van der Waals surface area contributed by atoms with Gasteiger partial charge in [-0.3, -0.25) is 14.2 Å². The quantitative estimate of drug-likeness (QED) is 0.367. The van der Waals surface area contributed by atoms with Crippen LogP contribution in [-0.2, 0) is 4.79 Å². The van der Waals surface area contributed by atoms with Crippen molar-refractivity contribution in [3.63, 3.8) is 0 Å². The summed E-state index contributed by atoms with van der Waals surface area (Å²) in [5.74, 6) is 0.141. The average Bonchev–Trinajstić information content (AvgIpc) is 3.23. The molecular weight excluding hydrogens is 458 g/mol. The van der Waals surface area contributed by atoms with Crippen LogP contribution in [0.2, 0.25) is 5.02 Å². The van der Waals surface area contributed by atoms with E-state index in [9.17, 15) is 9.59 Å². The number of thiophene rings is 1. The lowest BCUT2D eigenvalue weighted by Gasteiger charge is -2.19. The molecule has 0 radical (unpaired) electrons. The van der Waals surface area contributed by atoms with Gasteiger partial charge in [0.25, 0.3) is 5.56 Å². The molecule has 8 heteroatoms. The summed E-state index contributed by atoms with van der Waals surface area (Å²) in [6.45, 7) is 5.96. The maximum Gasteiger partial charge on any atom is 0.263 e. The maximum absolute atomic E-state index is 13.6. The van der Waals surface area contributed by atoms with E-state index in [1.54, 1.807) is 18.2 Å². The molecule has 0 saturated heterocycles. The minimum Gasteiger partial charge on any atom is -0.495 e. The van der Waals surface area contributed by atoms with Crippen molar-refractivity contribution in [3.05, 3.63) is 74.6 Å². The summed E-state index contributed by atoms with van der Waals surface area (Å²) in [7, 11) is 1.52. The summed E-state index contributed by atoms with van der Waals surface area (Å²) < 4.78 is 6.73. The van der Waals surface area contributed by atoms with Gasteiger partial charge >= 0.3 is 0 Å². The molecule has 33 heavy (non-hydrogen) atoms. The van der Waals surface area contributed by atoms with E-state index in [-0.39, 0.29) is 11.5 Å². The van der Waals surface area contributed by atoms with Crippen molar-refractivity contribution in [2.45, 2.75) is 33.2 Å². The SMILES string of the molecule is CCC(C(=O)Nc1cc(Cl)ccc1OC)n1cnc2scc(-c3ccc(C)c(C)c3)c2c1=O. The van der Waals surface area contributed by atoms with Crippen LogP contribution in [0.3, 0.4) is 0 Å². The molecule has 1 atom stereocenters. The van der Waals surface area contributed by atoms with E-state index in [0.29, 0.717) is 33.1 Å². The molecule has 2 heterocycles. The zero-order valence-corrected chi connectivity index (χ0v) is 20.4. The molecule has 0 aliphatic heterocycles. The number of ether oxygens (including phenoxy) is 1. The molecule has 0 spiro atoms. The highest BCUT2D eigenvalue weighted by atomic mass is 35.5. The normalized spacial score (nSPS) is 12.0. The number of nitrogens with zero attached hydrogens (tertiary/aromatic N) is 2. The van der Waals surface area contributed by atoms with Gasteiger partial charge in [0.15, 0.2) is 0 Å². The Bertz CT molecular complexity index is 1410. The van der Waals surface area contributed by atoms with E-state index in [2.05, 4.69) is 23.3 Å². The fourth-order valence-electron chi connectivity index (χ4n) is 3.79.